The largest absolute Gasteiger partial charge is 0.507 e. The van der Waals surface area contributed by atoms with Crippen LogP contribution in [0.3, 0.4) is 0 Å². The minimum absolute atomic E-state index is 0.111. The average Bonchev–Trinajstić information content (AvgIpc) is 3.03. The lowest BCUT2D eigenvalue weighted by atomic mass is 9.98. The number of carbonyl (C=O) groups excluding carboxylic acids is 1. The summed E-state index contributed by atoms with van der Waals surface area (Å²) < 4.78 is 34.3. The number of phenols is 1. The molecule has 0 bridgehead atoms. The molecule has 2 heterocycles. The number of cyclic esters (lactones) is 1. The molecule has 1 aromatic rings. The van der Waals surface area contributed by atoms with Crippen LogP contribution in [0.1, 0.15) is 62.4 Å². The third-order valence-electron chi connectivity index (χ3n) is 5.62. The zero-order valence-electron chi connectivity index (χ0n) is 19.5. The summed E-state index contributed by atoms with van der Waals surface area (Å²) >= 11 is 0. The molecule has 8 heteroatoms. The van der Waals surface area contributed by atoms with Gasteiger partial charge >= 0.3 is 5.97 Å². The smallest absolute Gasteiger partial charge is 0.342 e. The van der Waals surface area contributed by atoms with Crippen molar-refractivity contribution in [2.75, 3.05) is 21.0 Å². The second kappa shape index (κ2) is 10.7. The third kappa shape index (κ3) is 6.01. The molecular weight excluding hydrogens is 416 g/mol. The second-order valence-electron chi connectivity index (χ2n) is 8.65. The quantitative estimate of drug-likeness (QED) is 0.543. The van der Waals surface area contributed by atoms with Crippen molar-refractivity contribution in [2.45, 2.75) is 76.7 Å². The van der Waals surface area contributed by atoms with Crippen molar-refractivity contribution in [3.8, 4) is 11.5 Å². The topological polar surface area (TPSA) is 92.7 Å². The van der Waals surface area contributed by atoms with E-state index in [1.165, 1.54) is 13.2 Å². The fourth-order valence-corrected chi connectivity index (χ4v) is 4.18. The maximum atomic E-state index is 12.8. The maximum absolute atomic E-state index is 12.8. The van der Waals surface area contributed by atoms with Gasteiger partial charge in [0.15, 0.2) is 5.79 Å². The average molecular weight is 451 g/mol. The minimum Gasteiger partial charge on any atom is -0.507 e. The highest BCUT2D eigenvalue weighted by atomic mass is 16.8. The number of aromatic hydroxyl groups is 1. The second-order valence-corrected chi connectivity index (χ2v) is 8.65. The number of carbonyl (C=O) groups is 1. The molecule has 1 saturated heterocycles. The van der Waals surface area contributed by atoms with E-state index in [1.807, 2.05) is 26.8 Å². The van der Waals surface area contributed by atoms with Crippen LogP contribution >= 0.6 is 0 Å². The number of ether oxygens (including phenoxy) is 6. The summed E-state index contributed by atoms with van der Waals surface area (Å²) in [6.07, 6.45) is 5.25. The van der Waals surface area contributed by atoms with E-state index in [4.69, 9.17) is 28.4 Å². The summed E-state index contributed by atoms with van der Waals surface area (Å²) in [7, 11) is 3.08. The van der Waals surface area contributed by atoms with Crippen LogP contribution in [0.2, 0.25) is 0 Å². The molecule has 3 rings (SSSR count). The van der Waals surface area contributed by atoms with Gasteiger partial charge in [0.1, 0.15) is 30.0 Å². The molecule has 0 unspecified atom stereocenters. The highest BCUT2D eigenvalue weighted by Gasteiger charge is 2.45. The number of fused-ring (bicyclic) bond motifs is 2. The maximum Gasteiger partial charge on any atom is 0.342 e. The van der Waals surface area contributed by atoms with Crippen molar-refractivity contribution in [2.24, 2.45) is 0 Å². The lowest BCUT2D eigenvalue weighted by Crippen LogP contribution is -2.37. The van der Waals surface area contributed by atoms with Gasteiger partial charge in [0.05, 0.1) is 25.4 Å². The Morgan fingerprint density at radius 2 is 1.97 bits per heavy atom. The number of hydrogen-bond donors (Lipinski definition) is 1. The Kier molecular flexibility index (Phi) is 8.16. The van der Waals surface area contributed by atoms with Crippen molar-refractivity contribution in [1.29, 1.82) is 0 Å². The van der Waals surface area contributed by atoms with E-state index < -0.39 is 11.8 Å². The van der Waals surface area contributed by atoms with Gasteiger partial charge in [-0.1, -0.05) is 12.2 Å². The molecule has 1 N–H and O–H groups in total. The highest BCUT2D eigenvalue weighted by Crippen LogP contribution is 2.36. The summed E-state index contributed by atoms with van der Waals surface area (Å²) in [4.78, 5) is 12.8. The molecule has 0 spiro atoms. The molecule has 2 aliphatic rings. The van der Waals surface area contributed by atoms with Gasteiger partial charge < -0.3 is 33.5 Å². The fraction of sp³-hybridized carbons (Fsp3) is 0.625. The Morgan fingerprint density at radius 1 is 1.19 bits per heavy atom. The van der Waals surface area contributed by atoms with Gasteiger partial charge in [0, 0.05) is 13.2 Å². The van der Waals surface area contributed by atoms with Gasteiger partial charge in [-0.05, 0) is 58.1 Å². The molecule has 4 atom stereocenters. The van der Waals surface area contributed by atoms with Crippen LogP contribution in [0, 0.1) is 0 Å². The van der Waals surface area contributed by atoms with Crippen molar-refractivity contribution < 1.29 is 38.3 Å². The standard InChI is InChI=1S/C24H34O8/c1-15-8-6-11-20-22(32-24(2,3)31-20)19(29-14-27-4)10-7-9-16-12-17(28-5)13-18(25)21(16)23(26)30-15/h7,9,12-13,15,19-20,22,25H,6,8,10-11,14H2,1-5H3/b9-7+/t15-,19-,20-,22-/m0/s1. The van der Waals surface area contributed by atoms with Gasteiger partial charge in [0.25, 0.3) is 0 Å². The zero-order chi connectivity index (χ0) is 23.3. The van der Waals surface area contributed by atoms with Gasteiger partial charge in [0.2, 0.25) is 0 Å². The third-order valence-corrected chi connectivity index (χ3v) is 5.62. The van der Waals surface area contributed by atoms with Crippen molar-refractivity contribution in [1.82, 2.24) is 0 Å². The van der Waals surface area contributed by atoms with E-state index in [-0.39, 0.29) is 42.5 Å². The molecule has 2 aliphatic heterocycles. The first-order chi connectivity index (χ1) is 15.2. The molecule has 0 saturated carbocycles. The number of methoxy groups -OCH3 is 2. The Bertz CT molecular complexity index is 818. The lowest BCUT2D eigenvalue weighted by molar-refractivity contribution is -0.169. The number of rotatable bonds is 4. The summed E-state index contributed by atoms with van der Waals surface area (Å²) in [6, 6.07) is 3.10. The van der Waals surface area contributed by atoms with Crippen LogP contribution in [-0.2, 0) is 23.7 Å². The zero-order valence-corrected chi connectivity index (χ0v) is 19.5. The lowest BCUT2D eigenvalue weighted by Gasteiger charge is -2.26. The van der Waals surface area contributed by atoms with E-state index in [2.05, 4.69) is 0 Å². The minimum atomic E-state index is -0.717. The Balaban J connectivity index is 1.97. The van der Waals surface area contributed by atoms with E-state index in [1.54, 1.807) is 19.3 Å². The first-order valence-electron chi connectivity index (χ1n) is 11.0. The summed E-state index contributed by atoms with van der Waals surface area (Å²) in [5.41, 5.74) is 0.613. The first-order valence-corrected chi connectivity index (χ1v) is 11.0. The van der Waals surface area contributed by atoms with E-state index in [9.17, 15) is 9.90 Å². The Labute approximate surface area is 189 Å². The Hall–Kier alpha value is -2.13. The highest BCUT2D eigenvalue weighted by molar-refractivity contribution is 5.97. The van der Waals surface area contributed by atoms with Crippen molar-refractivity contribution >= 4 is 12.0 Å². The number of benzene rings is 1. The molecule has 178 valence electrons. The van der Waals surface area contributed by atoms with Gasteiger partial charge in [-0.3, -0.25) is 0 Å². The van der Waals surface area contributed by atoms with E-state index in [0.29, 0.717) is 24.2 Å². The fourth-order valence-electron chi connectivity index (χ4n) is 4.18. The molecule has 0 aromatic heterocycles. The predicted molar refractivity (Wildman–Crippen MR) is 118 cm³/mol. The molecule has 8 nitrogen and oxygen atoms in total. The summed E-state index contributed by atoms with van der Waals surface area (Å²) in [6.45, 7) is 5.76. The van der Waals surface area contributed by atoms with E-state index >= 15 is 0 Å². The molecule has 0 aliphatic carbocycles. The predicted octanol–water partition coefficient (Wildman–Crippen LogP) is 4.04. The van der Waals surface area contributed by atoms with Crippen molar-refractivity contribution in [3.05, 3.63) is 29.3 Å². The normalized spacial score (nSPS) is 29.3. The summed E-state index contributed by atoms with van der Waals surface area (Å²) in [5, 5.41) is 10.5. The monoisotopic (exact) mass is 450 g/mol. The molecule has 32 heavy (non-hydrogen) atoms. The Morgan fingerprint density at radius 3 is 2.69 bits per heavy atom. The first kappa shape index (κ1) is 24.5. The van der Waals surface area contributed by atoms with Crippen LogP contribution in [0.15, 0.2) is 18.2 Å². The van der Waals surface area contributed by atoms with Crippen LogP contribution in [-0.4, -0.2) is 62.3 Å². The molecule has 1 fully saturated rings. The number of phenolic OH excluding ortho intramolecular Hbond substituents is 1. The SMILES string of the molecule is COCO[C@H]1C/C=C/c2cc(OC)cc(O)c2C(=O)O[C@@H](C)CCC[C@@H]2OC(C)(C)O[C@@H]12. The van der Waals surface area contributed by atoms with Gasteiger partial charge in [-0.15, -0.1) is 0 Å². The van der Waals surface area contributed by atoms with Crippen LogP contribution in [0.4, 0.5) is 0 Å². The number of esters is 1. The van der Waals surface area contributed by atoms with E-state index in [0.717, 1.165) is 12.8 Å². The van der Waals surface area contributed by atoms with Crippen molar-refractivity contribution in [3.63, 3.8) is 0 Å². The van der Waals surface area contributed by atoms with Crippen LogP contribution < -0.4 is 4.74 Å². The van der Waals surface area contributed by atoms with Gasteiger partial charge in [-0.25, -0.2) is 4.79 Å². The summed E-state index contributed by atoms with van der Waals surface area (Å²) in [5.74, 6) is -1.03. The van der Waals surface area contributed by atoms with Crippen LogP contribution in [0.5, 0.6) is 11.5 Å². The molecular formula is C24H34O8. The molecule has 1 aromatic carbocycles. The number of hydrogen-bond acceptors (Lipinski definition) is 8. The van der Waals surface area contributed by atoms with Crippen LogP contribution in [0.25, 0.3) is 6.08 Å². The molecule has 0 radical (unpaired) electrons. The van der Waals surface area contributed by atoms with Gasteiger partial charge in [-0.2, -0.15) is 0 Å². The molecule has 0 amide bonds.